The molecular formula is C23H24Cl2FN3O5S. The maximum Gasteiger partial charge on any atom is 0.320 e. The van der Waals surface area contributed by atoms with Crippen LogP contribution in [-0.2, 0) is 26.8 Å². The predicted octanol–water partition coefficient (Wildman–Crippen LogP) is 3.00. The van der Waals surface area contributed by atoms with Crippen LogP contribution in [0.2, 0.25) is 0 Å². The second-order valence-corrected chi connectivity index (χ2v) is 9.75. The van der Waals surface area contributed by atoms with Crippen LogP contribution in [0.5, 0.6) is 5.75 Å². The zero-order valence-corrected chi connectivity index (χ0v) is 20.7. The van der Waals surface area contributed by atoms with Crippen LogP contribution >= 0.6 is 24.8 Å². The third-order valence-corrected chi connectivity index (χ3v) is 7.23. The van der Waals surface area contributed by atoms with E-state index in [1.165, 1.54) is 34.6 Å². The van der Waals surface area contributed by atoms with Gasteiger partial charge < -0.3 is 15.6 Å². The Bertz CT molecular complexity index is 1270. The molecule has 8 nitrogen and oxygen atoms in total. The molecule has 1 atom stereocenters. The predicted molar refractivity (Wildman–Crippen MR) is 132 cm³/mol. The summed E-state index contributed by atoms with van der Waals surface area (Å²) in [6.07, 6.45) is 1.56. The van der Waals surface area contributed by atoms with Crippen LogP contribution in [0, 0.1) is 5.82 Å². The fraction of sp³-hybridized carbons (Fsp3) is 0.217. The molecule has 1 aliphatic rings. The topological polar surface area (TPSA) is 123 Å². The van der Waals surface area contributed by atoms with Crippen LogP contribution < -0.4 is 10.5 Å². The standard InChI is InChI=1S/C23H22FN3O5S.2ClH/c24-18-8-1-2-9-20(18)32-23(21-10-3-4-11-26-21)14-27(15-23)33(30,31)17-7-5-6-16(12-17)13-19(25)22(28)29;;/h1-12,19H,13-15,25H2,(H,28,29);2*1H/t19-;;/m0../s1. The van der Waals surface area contributed by atoms with Crippen LogP contribution in [0.1, 0.15) is 11.3 Å². The van der Waals surface area contributed by atoms with E-state index in [4.69, 9.17) is 15.6 Å². The minimum absolute atomic E-state index is 0. The Morgan fingerprint density at radius 3 is 2.43 bits per heavy atom. The zero-order chi connectivity index (χ0) is 23.6. The SMILES string of the molecule is Cl.Cl.N[C@@H](Cc1cccc(S(=O)(=O)N2CC(Oc3ccccc3F)(c3ccccn3)C2)c1)C(=O)O. The van der Waals surface area contributed by atoms with Gasteiger partial charge in [-0.1, -0.05) is 30.3 Å². The number of halogens is 3. The molecule has 0 aliphatic carbocycles. The minimum Gasteiger partial charge on any atom is -0.480 e. The number of para-hydroxylation sites is 1. The molecule has 1 aromatic heterocycles. The Labute approximate surface area is 214 Å². The number of carboxylic acids is 1. The van der Waals surface area contributed by atoms with Crippen molar-refractivity contribution in [1.29, 1.82) is 0 Å². The lowest BCUT2D eigenvalue weighted by molar-refractivity contribution is -0.138. The second-order valence-electron chi connectivity index (χ2n) is 7.81. The highest BCUT2D eigenvalue weighted by molar-refractivity contribution is 7.89. The number of rotatable bonds is 8. The fourth-order valence-corrected chi connectivity index (χ4v) is 5.27. The molecule has 2 aromatic carbocycles. The molecule has 1 saturated heterocycles. The van der Waals surface area contributed by atoms with E-state index in [2.05, 4.69) is 4.98 Å². The van der Waals surface area contributed by atoms with E-state index in [1.807, 2.05) is 0 Å². The minimum atomic E-state index is -3.92. The van der Waals surface area contributed by atoms with Gasteiger partial charge in [0.25, 0.3) is 0 Å². The number of aromatic nitrogens is 1. The molecule has 0 bridgehead atoms. The number of sulfonamides is 1. The van der Waals surface area contributed by atoms with Crippen LogP contribution in [0.3, 0.4) is 0 Å². The van der Waals surface area contributed by atoms with Gasteiger partial charge in [-0.2, -0.15) is 4.31 Å². The Hall–Kier alpha value is -2.76. The van der Waals surface area contributed by atoms with E-state index in [1.54, 1.807) is 42.6 Å². The normalized spacial score (nSPS) is 15.6. The van der Waals surface area contributed by atoms with Gasteiger partial charge in [0, 0.05) is 6.20 Å². The van der Waals surface area contributed by atoms with Gasteiger partial charge in [0.15, 0.2) is 17.2 Å². The van der Waals surface area contributed by atoms with E-state index in [0.29, 0.717) is 11.3 Å². The van der Waals surface area contributed by atoms with Crippen LogP contribution in [0.4, 0.5) is 4.39 Å². The molecule has 35 heavy (non-hydrogen) atoms. The van der Waals surface area contributed by atoms with Gasteiger partial charge in [0.1, 0.15) is 6.04 Å². The lowest BCUT2D eigenvalue weighted by Crippen LogP contribution is -2.64. The molecule has 2 heterocycles. The Morgan fingerprint density at radius 2 is 1.80 bits per heavy atom. The first-order chi connectivity index (χ1) is 15.7. The zero-order valence-electron chi connectivity index (χ0n) is 18.3. The number of hydrogen-bond donors (Lipinski definition) is 2. The van der Waals surface area contributed by atoms with Gasteiger partial charge in [-0.3, -0.25) is 9.78 Å². The lowest BCUT2D eigenvalue weighted by atomic mass is 9.91. The third kappa shape index (κ3) is 5.91. The average Bonchev–Trinajstić information content (AvgIpc) is 2.77. The summed E-state index contributed by atoms with van der Waals surface area (Å²) in [4.78, 5) is 15.4. The van der Waals surface area contributed by atoms with Crippen LogP contribution in [-0.4, -0.2) is 47.9 Å². The smallest absolute Gasteiger partial charge is 0.320 e. The van der Waals surface area contributed by atoms with Crippen molar-refractivity contribution >= 4 is 40.8 Å². The molecular weight excluding hydrogens is 520 g/mol. The van der Waals surface area contributed by atoms with Crippen molar-refractivity contribution in [2.75, 3.05) is 13.1 Å². The van der Waals surface area contributed by atoms with E-state index in [-0.39, 0.29) is 55.0 Å². The molecule has 0 radical (unpaired) electrons. The number of benzene rings is 2. The first kappa shape index (κ1) is 28.5. The Morgan fingerprint density at radius 1 is 1.11 bits per heavy atom. The number of carbonyl (C=O) groups is 1. The second kappa shape index (κ2) is 11.3. The number of nitrogens with two attached hydrogens (primary N) is 1. The number of ether oxygens (including phenoxy) is 1. The molecule has 0 saturated carbocycles. The van der Waals surface area contributed by atoms with Gasteiger partial charge in [0.05, 0.1) is 23.7 Å². The molecule has 3 aromatic rings. The van der Waals surface area contributed by atoms with Gasteiger partial charge in [-0.25, -0.2) is 12.8 Å². The van der Waals surface area contributed by atoms with Gasteiger partial charge in [-0.15, -0.1) is 24.8 Å². The summed E-state index contributed by atoms with van der Waals surface area (Å²) in [5.41, 5.74) is 5.40. The van der Waals surface area contributed by atoms with Crippen molar-refractivity contribution in [1.82, 2.24) is 9.29 Å². The fourth-order valence-electron chi connectivity index (χ4n) is 3.67. The molecule has 0 amide bonds. The van der Waals surface area contributed by atoms with Crippen LogP contribution in [0.25, 0.3) is 0 Å². The third-order valence-electron chi connectivity index (χ3n) is 5.45. The first-order valence-corrected chi connectivity index (χ1v) is 11.6. The van der Waals surface area contributed by atoms with Crippen LogP contribution in [0.15, 0.2) is 77.8 Å². The summed E-state index contributed by atoms with van der Waals surface area (Å²) in [7, 11) is -3.92. The first-order valence-electron chi connectivity index (χ1n) is 10.1. The average molecular weight is 544 g/mol. The summed E-state index contributed by atoms with van der Waals surface area (Å²) in [6, 6.07) is 16.0. The highest BCUT2D eigenvalue weighted by atomic mass is 35.5. The lowest BCUT2D eigenvalue weighted by Gasteiger charge is -2.48. The van der Waals surface area contributed by atoms with Crippen molar-refractivity contribution < 1.29 is 27.4 Å². The largest absolute Gasteiger partial charge is 0.480 e. The van der Waals surface area contributed by atoms with Crippen molar-refractivity contribution in [3.8, 4) is 5.75 Å². The highest BCUT2D eigenvalue weighted by Crippen LogP contribution is 2.39. The maximum atomic E-state index is 14.3. The summed E-state index contributed by atoms with van der Waals surface area (Å²) >= 11 is 0. The molecule has 4 rings (SSSR count). The summed E-state index contributed by atoms with van der Waals surface area (Å²) in [5.74, 6) is -1.72. The maximum absolute atomic E-state index is 14.3. The Balaban J connectivity index is 0.00000216. The highest BCUT2D eigenvalue weighted by Gasteiger charge is 2.53. The molecule has 0 unspecified atom stereocenters. The number of nitrogens with zero attached hydrogens (tertiary/aromatic N) is 2. The molecule has 0 spiro atoms. The quantitative estimate of drug-likeness (QED) is 0.447. The summed E-state index contributed by atoms with van der Waals surface area (Å²) in [6.45, 7) is -0.140. The van der Waals surface area contributed by atoms with E-state index in [0.717, 1.165) is 0 Å². The number of hydrogen-bond acceptors (Lipinski definition) is 6. The number of aliphatic carboxylic acids is 1. The van der Waals surface area contributed by atoms with Crippen molar-refractivity contribution in [3.63, 3.8) is 0 Å². The van der Waals surface area contributed by atoms with Gasteiger partial charge >= 0.3 is 5.97 Å². The summed E-state index contributed by atoms with van der Waals surface area (Å²) < 4.78 is 48.0. The van der Waals surface area contributed by atoms with E-state index >= 15 is 0 Å². The number of carboxylic acid groups (broad SMARTS) is 1. The molecule has 1 aliphatic heterocycles. The molecule has 1 fully saturated rings. The van der Waals surface area contributed by atoms with E-state index < -0.39 is 33.5 Å². The monoisotopic (exact) mass is 543 g/mol. The van der Waals surface area contributed by atoms with Crippen molar-refractivity contribution in [2.24, 2.45) is 5.73 Å². The number of pyridine rings is 1. The Kier molecular flexibility index (Phi) is 9.21. The molecule has 12 heteroatoms. The van der Waals surface area contributed by atoms with Gasteiger partial charge in [-0.05, 0) is 48.4 Å². The van der Waals surface area contributed by atoms with Crippen molar-refractivity contribution in [2.45, 2.75) is 23.0 Å². The molecule has 188 valence electrons. The van der Waals surface area contributed by atoms with E-state index in [9.17, 15) is 17.6 Å². The van der Waals surface area contributed by atoms with Gasteiger partial charge in [0.2, 0.25) is 10.0 Å². The van der Waals surface area contributed by atoms with Crippen molar-refractivity contribution in [3.05, 3.63) is 90.0 Å². The summed E-state index contributed by atoms with van der Waals surface area (Å²) in [5, 5.41) is 9.02. The molecule has 3 N–H and O–H groups in total.